The zero-order valence-corrected chi connectivity index (χ0v) is 12.9. The number of hydrogen-bond donors (Lipinski definition) is 0. The summed E-state index contributed by atoms with van der Waals surface area (Å²) in [6.07, 6.45) is 1.24. The zero-order chi connectivity index (χ0) is 13.5. The Morgan fingerprint density at radius 1 is 0.895 bits per heavy atom. The van der Waals surface area contributed by atoms with Crippen LogP contribution in [-0.4, -0.2) is 5.16 Å². The molecule has 1 aliphatic rings. The van der Waals surface area contributed by atoms with Gasteiger partial charge in [0.1, 0.15) is 0 Å². The van der Waals surface area contributed by atoms with Crippen molar-refractivity contribution in [2.45, 2.75) is 38.0 Å². The van der Waals surface area contributed by atoms with Gasteiger partial charge < -0.3 is 0 Å². The first kappa shape index (κ1) is 12.9. The molecule has 0 bridgehead atoms. The van der Waals surface area contributed by atoms with E-state index in [4.69, 9.17) is 0 Å². The van der Waals surface area contributed by atoms with Gasteiger partial charge >= 0.3 is 0 Å². The van der Waals surface area contributed by atoms with E-state index in [1.807, 2.05) is 0 Å². The lowest BCUT2D eigenvalue weighted by atomic mass is 10.1. The summed E-state index contributed by atoms with van der Waals surface area (Å²) in [6.45, 7) is 7.10. The molecule has 0 nitrogen and oxygen atoms in total. The Kier molecular flexibility index (Phi) is 3.23. The molecule has 1 unspecified atom stereocenters. The highest BCUT2D eigenvalue weighted by Gasteiger charge is 2.31. The molecule has 0 spiro atoms. The Hall–Kier alpha value is -1.13. The van der Waals surface area contributed by atoms with Crippen molar-refractivity contribution < 1.29 is 0 Å². The van der Waals surface area contributed by atoms with Crippen LogP contribution in [-0.2, 0) is 0 Å². The molecule has 0 saturated carbocycles. The monoisotopic (exact) mass is 268 g/mol. The maximum absolute atomic E-state index is 2.40. The van der Waals surface area contributed by atoms with Gasteiger partial charge in [-0.2, -0.15) is 0 Å². The summed E-state index contributed by atoms with van der Waals surface area (Å²) in [5, 5.41) is 0.426. The lowest BCUT2D eigenvalue weighted by Gasteiger charge is -2.28. The van der Waals surface area contributed by atoms with Crippen molar-refractivity contribution in [3.8, 4) is 11.1 Å². The van der Waals surface area contributed by atoms with Gasteiger partial charge in [0.15, 0.2) is 0 Å². The molecule has 3 rings (SSSR count). The summed E-state index contributed by atoms with van der Waals surface area (Å²) in [4.78, 5) is 0. The number of rotatable bonds is 3. The third kappa shape index (κ3) is 2.23. The minimum Gasteiger partial charge on any atom is -0.104 e. The molecule has 0 heterocycles. The second kappa shape index (κ2) is 4.76. The Morgan fingerprint density at radius 3 is 1.84 bits per heavy atom. The molecule has 1 aliphatic carbocycles. The van der Waals surface area contributed by atoms with Gasteiger partial charge in [-0.25, -0.2) is 0 Å². The quantitative estimate of drug-likeness (QED) is 0.633. The van der Waals surface area contributed by atoms with E-state index >= 15 is 0 Å². The molecular weight excluding hydrogens is 247 g/mol. The van der Waals surface area contributed by atoms with E-state index in [9.17, 15) is 0 Å². The first-order chi connectivity index (χ1) is 9.12. The van der Waals surface area contributed by atoms with Crippen LogP contribution in [0.25, 0.3) is 11.1 Å². The van der Waals surface area contributed by atoms with Crippen molar-refractivity contribution in [3.05, 3.63) is 59.7 Å². The maximum Gasteiger partial charge on any atom is 0.0280 e. The molecule has 0 N–H and O–H groups in total. The Balaban J connectivity index is 2.10. The topological polar surface area (TPSA) is 0 Å². The molecule has 2 aromatic rings. The van der Waals surface area contributed by atoms with E-state index < -0.39 is 0 Å². The second-order valence-corrected chi connectivity index (χ2v) is 8.21. The van der Waals surface area contributed by atoms with Crippen LogP contribution in [0.2, 0.25) is 0 Å². The molecule has 0 saturated heterocycles. The summed E-state index contributed by atoms with van der Waals surface area (Å²) in [6, 6.07) is 17.9. The van der Waals surface area contributed by atoms with Gasteiger partial charge in [-0.3, -0.25) is 0 Å². The summed E-state index contributed by atoms with van der Waals surface area (Å²) in [7, 11) is 0.947. The van der Waals surface area contributed by atoms with Crippen LogP contribution in [0.5, 0.6) is 0 Å². The minimum atomic E-state index is 0.426. The number of hydrogen-bond acceptors (Lipinski definition) is 0. The first-order valence-corrected chi connectivity index (χ1v) is 8.16. The lowest BCUT2D eigenvalue weighted by Crippen LogP contribution is -2.12. The van der Waals surface area contributed by atoms with Gasteiger partial charge in [-0.15, -0.1) is 8.58 Å². The number of fused-ring (bicyclic) bond motifs is 3. The Morgan fingerprint density at radius 2 is 1.37 bits per heavy atom. The summed E-state index contributed by atoms with van der Waals surface area (Å²) >= 11 is 0. The van der Waals surface area contributed by atoms with Gasteiger partial charge in [-0.05, 0) is 33.8 Å². The SMILES string of the molecule is CCC(C)(C)PC1c2ccccc2-c2ccccc21. The molecule has 0 aliphatic heterocycles. The zero-order valence-electron chi connectivity index (χ0n) is 11.9. The third-order valence-corrected chi connectivity index (χ3v) is 6.30. The molecule has 2 aromatic carbocycles. The van der Waals surface area contributed by atoms with Crippen LogP contribution in [0.3, 0.4) is 0 Å². The van der Waals surface area contributed by atoms with E-state index in [-0.39, 0.29) is 0 Å². The lowest BCUT2D eigenvalue weighted by molar-refractivity contribution is 0.673. The van der Waals surface area contributed by atoms with Crippen molar-refractivity contribution in [2.75, 3.05) is 0 Å². The second-order valence-electron chi connectivity index (χ2n) is 5.99. The van der Waals surface area contributed by atoms with Crippen LogP contribution in [0.4, 0.5) is 0 Å². The smallest absolute Gasteiger partial charge is 0.0280 e. The molecule has 0 fully saturated rings. The van der Waals surface area contributed by atoms with Gasteiger partial charge in [0.05, 0.1) is 0 Å². The third-order valence-electron chi connectivity index (χ3n) is 4.25. The highest BCUT2D eigenvalue weighted by molar-refractivity contribution is 7.40. The van der Waals surface area contributed by atoms with Crippen molar-refractivity contribution in [1.82, 2.24) is 0 Å². The van der Waals surface area contributed by atoms with Crippen LogP contribution >= 0.6 is 8.58 Å². The standard InChI is InChI=1S/C18H21P/c1-4-18(2,3)19-17-15-11-7-5-9-13(15)14-10-6-8-12-16(14)17/h5-12,17,19H,4H2,1-3H3. The van der Waals surface area contributed by atoms with Gasteiger partial charge in [-0.1, -0.05) is 69.3 Å². The molecular formula is C18H21P. The predicted molar refractivity (Wildman–Crippen MR) is 86.4 cm³/mol. The first-order valence-electron chi connectivity index (χ1n) is 7.08. The molecule has 0 radical (unpaired) electrons. The highest BCUT2D eigenvalue weighted by atomic mass is 31.1. The molecule has 1 atom stereocenters. The van der Waals surface area contributed by atoms with Crippen molar-refractivity contribution in [2.24, 2.45) is 0 Å². The summed E-state index contributed by atoms with van der Waals surface area (Å²) in [5.74, 6) is 0. The van der Waals surface area contributed by atoms with Gasteiger partial charge in [0.25, 0.3) is 0 Å². The molecule has 0 aromatic heterocycles. The summed E-state index contributed by atoms with van der Waals surface area (Å²) in [5.41, 5.74) is 6.56. The minimum absolute atomic E-state index is 0.426. The predicted octanol–water partition coefficient (Wildman–Crippen LogP) is 5.62. The highest BCUT2D eigenvalue weighted by Crippen LogP contribution is 2.57. The van der Waals surface area contributed by atoms with Crippen molar-refractivity contribution in [3.63, 3.8) is 0 Å². The van der Waals surface area contributed by atoms with Crippen LogP contribution in [0.1, 0.15) is 44.0 Å². The van der Waals surface area contributed by atoms with Crippen molar-refractivity contribution >= 4 is 8.58 Å². The van der Waals surface area contributed by atoms with E-state index in [0.29, 0.717) is 10.8 Å². The largest absolute Gasteiger partial charge is 0.104 e. The maximum atomic E-state index is 2.40. The van der Waals surface area contributed by atoms with E-state index in [2.05, 4.69) is 69.3 Å². The summed E-state index contributed by atoms with van der Waals surface area (Å²) < 4.78 is 0. The fourth-order valence-corrected chi connectivity index (χ4v) is 4.60. The average Bonchev–Trinajstić information content (AvgIpc) is 2.74. The van der Waals surface area contributed by atoms with Gasteiger partial charge in [0.2, 0.25) is 0 Å². The molecule has 98 valence electrons. The molecule has 0 amide bonds. The molecule has 1 heteroatoms. The normalized spacial score (nSPS) is 14.9. The Bertz CT molecular complexity index is 553. The van der Waals surface area contributed by atoms with E-state index in [0.717, 1.165) is 8.58 Å². The number of benzene rings is 2. The van der Waals surface area contributed by atoms with Crippen LogP contribution in [0.15, 0.2) is 48.5 Å². The Labute approximate surface area is 118 Å². The van der Waals surface area contributed by atoms with Crippen LogP contribution < -0.4 is 0 Å². The van der Waals surface area contributed by atoms with Crippen LogP contribution in [0, 0.1) is 0 Å². The van der Waals surface area contributed by atoms with Gasteiger partial charge in [0, 0.05) is 5.66 Å². The van der Waals surface area contributed by atoms with E-state index in [1.165, 1.54) is 28.7 Å². The average molecular weight is 268 g/mol. The molecule has 19 heavy (non-hydrogen) atoms. The van der Waals surface area contributed by atoms with E-state index in [1.54, 1.807) is 0 Å². The fraction of sp³-hybridized carbons (Fsp3) is 0.333. The fourth-order valence-electron chi connectivity index (χ4n) is 2.80. The van der Waals surface area contributed by atoms with Crippen molar-refractivity contribution in [1.29, 1.82) is 0 Å².